The molecule has 0 spiro atoms. The third-order valence-corrected chi connectivity index (χ3v) is 5.99. The van der Waals surface area contributed by atoms with Crippen LogP contribution in [-0.2, 0) is 19.1 Å². The fraction of sp³-hybridized carbons (Fsp3) is 0.333. The summed E-state index contributed by atoms with van der Waals surface area (Å²) in [6.07, 6.45) is 6.72. The van der Waals surface area contributed by atoms with Crippen molar-refractivity contribution in [2.75, 3.05) is 32.7 Å². The van der Waals surface area contributed by atoms with Crippen LogP contribution in [0.15, 0.2) is 58.3 Å². The van der Waals surface area contributed by atoms with Gasteiger partial charge in [-0.3, -0.25) is 4.90 Å². The maximum Gasteiger partial charge on any atom is 0.355 e. The molecule has 162 valence electrons. The number of methoxy groups -OCH3 is 2. The van der Waals surface area contributed by atoms with Gasteiger partial charge in [0, 0.05) is 41.3 Å². The lowest BCUT2D eigenvalue weighted by atomic mass is 9.92. The van der Waals surface area contributed by atoms with E-state index in [4.69, 9.17) is 13.9 Å². The lowest BCUT2D eigenvalue weighted by Gasteiger charge is -2.33. The van der Waals surface area contributed by atoms with E-state index < -0.39 is 11.9 Å². The number of benzene rings is 1. The van der Waals surface area contributed by atoms with Gasteiger partial charge in [-0.05, 0) is 44.3 Å². The first-order valence-electron chi connectivity index (χ1n) is 10.2. The second-order valence-electron chi connectivity index (χ2n) is 7.89. The fourth-order valence-corrected chi connectivity index (χ4v) is 4.33. The first-order valence-corrected chi connectivity index (χ1v) is 10.2. The van der Waals surface area contributed by atoms with Crippen molar-refractivity contribution in [3.63, 3.8) is 0 Å². The largest absolute Gasteiger partial charge is 0.465 e. The van der Waals surface area contributed by atoms with Crippen LogP contribution in [0.2, 0.25) is 0 Å². The van der Waals surface area contributed by atoms with Crippen LogP contribution in [0.1, 0.15) is 37.1 Å². The molecule has 3 heterocycles. The zero-order chi connectivity index (χ0) is 22.3. The first kappa shape index (κ1) is 20.9. The molecule has 2 unspecified atom stereocenters. The van der Waals surface area contributed by atoms with Crippen LogP contribution in [0, 0.1) is 0 Å². The Bertz CT molecular complexity index is 1140. The van der Waals surface area contributed by atoms with E-state index >= 15 is 0 Å². The van der Waals surface area contributed by atoms with E-state index in [1.807, 2.05) is 18.2 Å². The van der Waals surface area contributed by atoms with Gasteiger partial charge in [0.25, 0.3) is 0 Å². The van der Waals surface area contributed by atoms with E-state index in [0.717, 1.165) is 28.8 Å². The minimum atomic E-state index is -0.632. The molecule has 2 aliphatic heterocycles. The maximum atomic E-state index is 12.7. The smallest absolute Gasteiger partial charge is 0.355 e. The summed E-state index contributed by atoms with van der Waals surface area (Å²) in [6, 6.07) is 5.96. The van der Waals surface area contributed by atoms with Crippen LogP contribution in [0.3, 0.4) is 0 Å². The second kappa shape index (κ2) is 8.07. The van der Waals surface area contributed by atoms with Gasteiger partial charge in [-0.15, -0.1) is 0 Å². The highest BCUT2D eigenvalue weighted by atomic mass is 16.5. The number of hydrogen-bond acceptors (Lipinski definition) is 7. The van der Waals surface area contributed by atoms with Gasteiger partial charge in [0.15, 0.2) is 0 Å². The lowest BCUT2D eigenvalue weighted by molar-refractivity contribution is -0.139. The molecule has 1 aromatic heterocycles. The Morgan fingerprint density at radius 3 is 2.55 bits per heavy atom. The number of likely N-dealkylation sites (N-methyl/N-ethyl adjacent to an activating group) is 1. The van der Waals surface area contributed by atoms with Gasteiger partial charge in [0.1, 0.15) is 17.0 Å². The molecule has 2 aromatic rings. The Morgan fingerprint density at radius 1 is 1.10 bits per heavy atom. The first-order chi connectivity index (χ1) is 14.9. The Labute approximate surface area is 181 Å². The van der Waals surface area contributed by atoms with Crippen molar-refractivity contribution in [2.45, 2.75) is 25.8 Å². The predicted octanol–water partition coefficient (Wildman–Crippen LogP) is 4.03. The molecule has 0 amide bonds. The molecule has 0 aliphatic carbocycles. The van der Waals surface area contributed by atoms with Gasteiger partial charge in [0.2, 0.25) is 0 Å². The number of anilines is 1. The highest BCUT2D eigenvalue weighted by Gasteiger charge is 2.33. The Balaban J connectivity index is 1.91. The summed E-state index contributed by atoms with van der Waals surface area (Å²) < 4.78 is 16.1. The monoisotopic (exact) mass is 422 g/mol. The molecule has 7 nitrogen and oxygen atoms in total. The molecule has 0 saturated carbocycles. The Kier molecular flexibility index (Phi) is 5.45. The number of furan rings is 1. The van der Waals surface area contributed by atoms with Crippen molar-refractivity contribution in [1.29, 1.82) is 0 Å². The SMILES string of the molecule is COC(=O)C1=C(C(=O)OC)N(c2ccc3oc4c(c3c2)C(C)N(C)CC4C)C=CC=C1. The Morgan fingerprint density at radius 2 is 1.84 bits per heavy atom. The van der Waals surface area contributed by atoms with Crippen LogP contribution in [0.25, 0.3) is 11.0 Å². The van der Waals surface area contributed by atoms with E-state index in [2.05, 4.69) is 25.8 Å². The fourth-order valence-electron chi connectivity index (χ4n) is 4.33. The third-order valence-electron chi connectivity index (χ3n) is 5.99. The molecule has 0 bridgehead atoms. The van der Waals surface area contributed by atoms with E-state index in [0.29, 0.717) is 5.69 Å². The van der Waals surface area contributed by atoms with Gasteiger partial charge in [-0.25, -0.2) is 9.59 Å². The lowest BCUT2D eigenvalue weighted by Crippen LogP contribution is -2.31. The zero-order valence-electron chi connectivity index (χ0n) is 18.3. The highest BCUT2D eigenvalue weighted by Crippen LogP contribution is 2.43. The molecule has 2 aliphatic rings. The summed E-state index contributed by atoms with van der Waals surface area (Å²) in [5.41, 5.74) is 2.89. The van der Waals surface area contributed by atoms with Gasteiger partial charge in [-0.2, -0.15) is 0 Å². The second-order valence-corrected chi connectivity index (χ2v) is 7.89. The number of fused-ring (bicyclic) bond motifs is 3. The van der Waals surface area contributed by atoms with Crippen LogP contribution in [0.4, 0.5) is 5.69 Å². The van der Waals surface area contributed by atoms with Crippen LogP contribution in [0.5, 0.6) is 0 Å². The van der Waals surface area contributed by atoms with Gasteiger partial charge < -0.3 is 18.8 Å². The molecule has 31 heavy (non-hydrogen) atoms. The molecule has 0 N–H and O–H groups in total. The molecule has 7 heteroatoms. The van der Waals surface area contributed by atoms with E-state index in [9.17, 15) is 9.59 Å². The van der Waals surface area contributed by atoms with Crippen molar-refractivity contribution in [1.82, 2.24) is 4.90 Å². The number of hydrogen-bond donors (Lipinski definition) is 0. The van der Waals surface area contributed by atoms with Crippen LogP contribution >= 0.6 is 0 Å². The van der Waals surface area contributed by atoms with Crippen molar-refractivity contribution in [3.05, 3.63) is 65.2 Å². The number of esters is 2. The average Bonchev–Trinajstić information content (AvgIpc) is 3.02. The summed E-state index contributed by atoms with van der Waals surface area (Å²) >= 11 is 0. The topological polar surface area (TPSA) is 72.2 Å². The molecule has 4 rings (SSSR count). The predicted molar refractivity (Wildman–Crippen MR) is 117 cm³/mol. The van der Waals surface area contributed by atoms with Crippen molar-refractivity contribution in [2.24, 2.45) is 0 Å². The van der Waals surface area contributed by atoms with Gasteiger partial charge >= 0.3 is 11.9 Å². The Hall–Kier alpha value is -3.32. The molecule has 1 aromatic carbocycles. The number of allylic oxidation sites excluding steroid dienone is 2. The minimum absolute atomic E-state index is 0.0922. The van der Waals surface area contributed by atoms with Crippen LogP contribution in [-0.4, -0.2) is 44.7 Å². The van der Waals surface area contributed by atoms with Crippen molar-refractivity contribution >= 4 is 28.6 Å². The summed E-state index contributed by atoms with van der Waals surface area (Å²) in [5.74, 6) is 0.0411. The van der Waals surface area contributed by atoms with Gasteiger partial charge in [-0.1, -0.05) is 13.0 Å². The number of carbonyl (C=O) groups is 2. The molecular formula is C24H26N2O5. The summed E-state index contributed by atoms with van der Waals surface area (Å²) in [6.45, 7) is 5.25. The van der Waals surface area contributed by atoms with Crippen molar-refractivity contribution < 1.29 is 23.5 Å². The normalized spacial score (nSPS) is 21.3. The third kappa shape index (κ3) is 3.45. The van der Waals surface area contributed by atoms with Gasteiger partial charge in [0.05, 0.1) is 19.8 Å². The summed E-state index contributed by atoms with van der Waals surface area (Å²) in [7, 11) is 4.68. The summed E-state index contributed by atoms with van der Waals surface area (Å²) in [4.78, 5) is 29.0. The summed E-state index contributed by atoms with van der Waals surface area (Å²) in [5, 5.41) is 0.993. The highest BCUT2D eigenvalue weighted by molar-refractivity contribution is 6.05. The number of carbonyl (C=O) groups excluding carboxylic acids is 2. The number of rotatable bonds is 3. The zero-order valence-corrected chi connectivity index (χ0v) is 18.3. The van der Waals surface area contributed by atoms with E-state index in [1.54, 1.807) is 29.3 Å². The molecular weight excluding hydrogens is 396 g/mol. The molecule has 2 atom stereocenters. The molecule has 0 saturated heterocycles. The van der Waals surface area contributed by atoms with E-state index in [-0.39, 0.29) is 23.2 Å². The average molecular weight is 422 g/mol. The minimum Gasteiger partial charge on any atom is -0.465 e. The maximum absolute atomic E-state index is 12.7. The van der Waals surface area contributed by atoms with Crippen molar-refractivity contribution in [3.8, 4) is 0 Å². The standard InChI is InChI=1S/C24H26N2O5/c1-14-13-25(3)15(2)20-18-12-16(9-10-19(18)31-22(14)20)26-11-7-6-8-17(23(27)29-4)21(26)24(28)30-5/h6-12,14-15H,13H2,1-5H3. The number of nitrogens with zero attached hydrogens (tertiary/aromatic N) is 2. The number of ether oxygens (including phenoxy) is 2. The quantitative estimate of drug-likeness (QED) is 0.692. The molecule has 0 radical (unpaired) electrons. The van der Waals surface area contributed by atoms with E-state index in [1.165, 1.54) is 14.2 Å². The molecule has 0 fully saturated rings. The van der Waals surface area contributed by atoms with Crippen LogP contribution < -0.4 is 4.90 Å².